The largest absolute Gasteiger partial charge is 0.480 e. The van der Waals surface area contributed by atoms with E-state index in [9.17, 15) is 24.3 Å². The van der Waals surface area contributed by atoms with E-state index in [1.54, 1.807) is 6.20 Å². The van der Waals surface area contributed by atoms with Crippen LogP contribution in [0.1, 0.15) is 31.4 Å². The topological polar surface area (TPSA) is 157 Å². The van der Waals surface area contributed by atoms with Gasteiger partial charge in [-0.2, -0.15) is 0 Å². The molecular weight excluding hydrogens is 380 g/mol. The summed E-state index contributed by atoms with van der Waals surface area (Å²) < 4.78 is 0. The molecule has 3 rings (SSSR count). The van der Waals surface area contributed by atoms with E-state index in [4.69, 9.17) is 0 Å². The molecule has 0 spiro atoms. The third-order valence-electron chi connectivity index (χ3n) is 5.23. The fourth-order valence-corrected chi connectivity index (χ4v) is 3.75. The number of likely N-dealkylation sites (tertiary alicyclic amines) is 1. The molecule has 11 nitrogen and oxygen atoms in total. The van der Waals surface area contributed by atoms with Gasteiger partial charge in [0.1, 0.15) is 12.1 Å². The zero-order valence-electron chi connectivity index (χ0n) is 16.0. The number of aromatic amines is 1. The Kier molecular flexibility index (Phi) is 6.81. The Labute approximate surface area is 167 Å². The van der Waals surface area contributed by atoms with Crippen LogP contribution in [-0.4, -0.2) is 81.4 Å². The maximum absolute atomic E-state index is 13.0. The van der Waals surface area contributed by atoms with Gasteiger partial charge in [0.15, 0.2) is 0 Å². The van der Waals surface area contributed by atoms with Crippen molar-refractivity contribution < 1.29 is 24.3 Å². The summed E-state index contributed by atoms with van der Waals surface area (Å²) in [6.45, 7) is 0.840. The van der Waals surface area contributed by atoms with Crippen molar-refractivity contribution >= 4 is 23.7 Å². The molecule has 29 heavy (non-hydrogen) atoms. The van der Waals surface area contributed by atoms with Gasteiger partial charge >= 0.3 is 5.97 Å². The first-order valence-electron chi connectivity index (χ1n) is 9.76. The molecule has 0 bridgehead atoms. The maximum Gasteiger partial charge on any atom is 0.326 e. The van der Waals surface area contributed by atoms with Crippen LogP contribution in [0.2, 0.25) is 0 Å². The first kappa shape index (κ1) is 20.8. The number of nitrogens with one attached hydrogen (secondary N) is 4. The van der Waals surface area contributed by atoms with Crippen molar-refractivity contribution in [2.75, 3.05) is 19.6 Å². The second kappa shape index (κ2) is 9.50. The first-order chi connectivity index (χ1) is 14.0. The Bertz CT molecular complexity index is 746. The van der Waals surface area contributed by atoms with Gasteiger partial charge in [-0.3, -0.25) is 14.4 Å². The summed E-state index contributed by atoms with van der Waals surface area (Å²) in [7, 11) is 0. The summed E-state index contributed by atoms with van der Waals surface area (Å²) in [4.78, 5) is 56.9. The molecule has 0 radical (unpaired) electrons. The van der Waals surface area contributed by atoms with Crippen molar-refractivity contribution in [1.82, 2.24) is 30.8 Å². The van der Waals surface area contributed by atoms with E-state index in [0.717, 1.165) is 19.4 Å². The van der Waals surface area contributed by atoms with Crippen molar-refractivity contribution in [2.45, 2.75) is 50.2 Å². The molecule has 0 aliphatic carbocycles. The smallest absolute Gasteiger partial charge is 0.326 e. The molecule has 1 aromatic heterocycles. The lowest BCUT2D eigenvalue weighted by Gasteiger charge is -2.27. The van der Waals surface area contributed by atoms with Crippen LogP contribution in [0.25, 0.3) is 0 Å². The summed E-state index contributed by atoms with van der Waals surface area (Å²) >= 11 is 0. The fourth-order valence-electron chi connectivity index (χ4n) is 3.75. The molecule has 2 aliphatic rings. The summed E-state index contributed by atoms with van der Waals surface area (Å²) in [5, 5.41) is 17.6. The number of nitrogens with zero attached hydrogens (tertiary/aromatic N) is 2. The van der Waals surface area contributed by atoms with Gasteiger partial charge in [0.2, 0.25) is 17.7 Å². The highest BCUT2D eigenvalue weighted by molar-refractivity contribution is 5.93. The highest BCUT2D eigenvalue weighted by Gasteiger charge is 2.37. The van der Waals surface area contributed by atoms with Gasteiger partial charge in [0.05, 0.1) is 18.9 Å². The van der Waals surface area contributed by atoms with E-state index in [0.29, 0.717) is 25.1 Å². The van der Waals surface area contributed by atoms with Crippen LogP contribution in [0, 0.1) is 0 Å². The van der Waals surface area contributed by atoms with Crippen LogP contribution in [0.5, 0.6) is 0 Å². The molecule has 2 saturated heterocycles. The molecule has 11 heteroatoms. The standard InChI is InChI=1S/C18H26N6O5/c25-15(9-21-16(26)12-3-1-5-20-12)23-13(7-11-8-19-10-22-11)17(27)24-6-2-4-14(24)18(28)29/h8,10,12-14,20H,1-7,9H2,(H,19,22)(H,21,26)(H,23,25)(H,28,29). The number of carboxylic acids is 1. The molecule has 3 atom stereocenters. The molecule has 1 aromatic rings. The second-order valence-electron chi connectivity index (χ2n) is 7.30. The molecule has 3 unspecified atom stereocenters. The molecule has 0 aromatic carbocycles. The van der Waals surface area contributed by atoms with E-state index in [2.05, 4.69) is 25.9 Å². The number of carbonyl (C=O) groups is 4. The number of aromatic nitrogens is 2. The zero-order valence-corrected chi connectivity index (χ0v) is 16.0. The van der Waals surface area contributed by atoms with Gasteiger partial charge in [0, 0.05) is 24.9 Å². The van der Waals surface area contributed by atoms with E-state index in [1.807, 2.05) is 0 Å². The number of rotatable bonds is 8. The number of H-pyrrole nitrogens is 1. The predicted octanol–water partition coefficient (Wildman–Crippen LogP) is -1.62. The second-order valence-corrected chi connectivity index (χ2v) is 7.30. The van der Waals surface area contributed by atoms with Crippen molar-refractivity contribution in [2.24, 2.45) is 0 Å². The lowest BCUT2D eigenvalue weighted by molar-refractivity contribution is -0.149. The number of imidazole rings is 1. The van der Waals surface area contributed by atoms with Crippen LogP contribution in [0.15, 0.2) is 12.5 Å². The van der Waals surface area contributed by atoms with E-state index in [1.165, 1.54) is 11.2 Å². The Balaban J connectivity index is 1.61. The van der Waals surface area contributed by atoms with Crippen molar-refractivity contribution in [3.8, 4) is 0 Å². The SMILES string of the molecule is O=C(CNC(=O)C1CCCN1)NC(Cc1cnc[nH]1)C(=O)N1CCCC1C(=O)O. The highest BCUT2D eigenvalue weighted by atomic mass is 16.4. The Morgan fingerprint density at radius 3 is 2.76 bits per heavy atom. The van der Waals surface area contributed by atoms with Crippen LogP contribution < -0.4 is 16.0 Å². The normalized spacial score (nSPS) is 22.3. The van der Waals surface area contributed by atoms with Crippen LogP contribution >= 0.6 is 0 Å². The fraction of sp³-hybridized carbons (Fsp3) is 0.611. The number of carbonyl (C=O) groups excluding carboxylic acids is 3. The van der Waals surface area contributed by atoms with Gasteiger partial charge in [-0.15, -0.1) is 0 Å². The number of carboxylic acid groups (broad SMARTS) is 1. The molecular formula is C18H26N6O5. The van der Waals surface area contributed by atoms with Crippen LogP contribution in [-0.2, 0) is 25.6 Å². The lowest BCUT2D eigenvalue weighted by atomic mass is 10.1. The maximum atomic E-state index is 13.0. The number of aliphatic carboxylic acids is 1. The average molecular weight is 406 g/mol. The van der Waals surface area contributed by atoms with Gasteiger partial charge in [-0.05, 0) is 32.2 Å². The minimum Gasteiger partial charge on any atom is -0.480 e. The minimum atomic E-state index is -1.06. The Hall–Kier alpha value is -2.95. The Morgan fingerprint density at radius 1 is 1.28 bits per heavy atom. The van der Waals surface area contributed by atoms with Crippen LogP contribution in [0.3, 0.4) is 0 Å². The summed E-state index contributed by atoms with van der Waals surface area (Å²) in [6, 6.07) is -2.15. The molecule has 2 aliphatic heterocycles. The van der Waals surface area contributed by atoms with Gasteiger partial charge in [0.25, 0.3) is 0 Å². The third kappa shape index (κ3) is 5.31. The van der Waals surface area contributed by atoms with E-state index < -0.39 is 29.9 Å². The summed E-state index contributed by atoms with van der Waals surface area (Å²) in [6.07, 6.45) is 5.76. The van der Waals surface area contributed by atoms with Crippen molar-refractivity contribution in [3.63, 3.8) is 0 Å². The van der Waals surface area contributed by atoms with Gasteiger partial charge in [-0.1, -0.05) is 0 Å². The first-order valence-corrected chi connectivity index (χ1v) is 9.76. The quantitative estimate of drug-likeness (QED) is 0.347. The van der Waals surface area contributed by atoms with Crippen molar-refractivity contribution in [3.05, 3.63) is 18.2 Å². The highest BCUT2D eigenvalue weighted by Crippen LogP contribution is 2.19. The number of hydrogen-bond acceptors (Lipinski definition) is 6. The van der Waals surface area contributed by atoms with Crippen LogP contribution in [0.4, 0.5) is 0 Å². The lowest BCUT2D eigenvalue weighted by Crippen LogP contribution is -2.54. The molecule has 0 saturated carbocycles. The summed E-state index contributed by atoms with van der Waals surface area (Å²) in [5.41, 5.74) is 0.633. The van der Waals surface area contributed by atoms with E-state index >= 15 is 0 Å². The zero-order chi connectivity index (χ0) is 20.8. The monoisotopic (exact) mass is 406 g/mol. The molecule has 3 heterocycles. The molecule has 2 fully saturated rings. The minimum absolute atomic E-state index is 0.144. The van der Waals surface area contributed by atoms with Gasteiger partial charge < -0.3 is 30.9 Å². The number of hydrogen-bond donors (Lipinski definition) is 5. The number of amides is 3. The third-order valence-corrected chi connectivity index (χ3v) is 5.23. The van der Waals surface area contributed by atoms with E-state index in [-0.39, 0.29) is 24.9 Å². The molecule has 3 amide bonds. The average Bonchev–Trinajstić information content (AvgIpc) is 3.46. The summed E-state index contributed by atoms with van der Waals surface area (Å²) in [5.74, 6) is -2.28. The predicted molar refractivity (Wildman–Crippen MR) is 101 cm³/mol. The van der Waals surface area contributed by atoms with Gasteiger partial charge in [-0.25, -0.2) is 9.78 Å². The Morgan fingerprint density at radius 2 is 2.10 bits per heavy atom. The molecule has 5 N–H and O–H groups in total. The molecule has 158 valence electrons. The van der Waals surface area contributed by atoms with Crippen molar-refractivity contribution in [1.29, 1.82) is 0 Å².